The third kappa shape index (κ3) is 63.9. The molecule has 0 aromatic rings. The Kier molecular flexibility index (Phi) is 64.2. The zero-order valence-electron chi connectivity index (χ0n) is 52.2. The normalized spacial score (nSPS) is 12.4. The molecule has 0 aliphatic rings. The van der Waals surface area contributed by atoms with Crippen LogP contribution in [-0.2, 0) is 28.6 Å². The number of ether oxygens (including phenoxy) is 3. The van der Waals surface area contributed by atoms with E-state index >= 15 is 0 Å². The van der Waals surface area contributed by atoms with Crippen molar-refractivity contribution >= 4 is 17.9 Å². The van der Waals surface area contributed by atoms with E-state index in [2.05, 4.69) is 81.5 Å². The van der Waals surface area contributed by atoms with E-state index < -0.39 is 6.10 Å². The van der Waals surface area contributed by atoms with Crippen LogP contribution in [0.3, 0.4) is 0 Å². The van der Waals surface area contributed by atoms with Gasteiger partial charge in [0.1, 0.15) is 13.2 Å². The first-order valence-corrected chi connectivity index (χ1v) is 34.3. The van der Waals surface area contributed by atoms with Gasteiger partial charge in [-0.1, -0.05) is 313 Å². The summed E-state index contributed by atoms with van der Waals surface area (Å²) in [5.74, 6) is -0.868. The number of carbonyl (C=O) groups excluding carboxylic acids is 3. The lowest BCUT2D eigenvalue weighted by Gasteiger charge is -2.18. The lowest BCUT2D eigenvalue weighted by Crippen LogP contribution is -2.30. The maximum absolute atomic E-state index is 12.9. The van der Waals surface area contributed by atoms with Crippen LogP contribution in [-0.4, -0.2) is 37.2 Å². The zero-order chi connectivity index (χ0) is 56.4. The topological polar surface area (TPSA) is 78.9 Å². The summed E-state index contributed by atoms with van der Waals surface area (Å²) in [5, 5.41) is 0. The van der Waals surface area contributed by atoms with E-state index in [1.165, 1.54) is 231 Å². The van der Waals surface area contributed by atoms with Crippen molar-refractivity contribution in [2.75, 3.05) is 13.2 Å². The summed E-state index contributed by atoms with van der Waals surface area (Å²) >= 11 is 0. The molecule has 6 nitrogen and oxygen atoms in total. The summed E-state index contributed by atoms with van der Waals surface area (Å²) in [4.78, 5) is 38.4. The molecule has 78 heavy (non-hydrogen) atoms. The Hall–Kier alpha value is -2.89. The van der Waals surface area contributed by atoms with Gasteiger partial charge < -0.3 is 14.2 Å². The number of carbonyl (C=O) groups is 3. The van der Waals surface area contributed by atoms with E-state index in [1.54, 1.807) is 0 Å². The van der Waals surface area contributed by atoms with E-state index in [-0.39, 0.29) is 31.1 Å². The Labute approximate surface area is 485 Å². The predicted octanol–water partition coefficient (Wildman–Crippen LogP) is 23.5. The van der Waals surface area contributed by atoms with E-state index in [0.29, 0.717) is 19.3 Å². The van der Waals surface area contributed by atoms with Crippen molar-refractivity contribution in [1.82, 2.24) is 0 Å². The number of rotatable bonds is 63. The van der Waals surface area contributed by atoms with Crippen LogP contribution in [0.2, 0.25) is 0 Å². The van der Waals surface area contributed by atoms with Crippen LogP contribution in [0.15, 0.2) is 60.8 Å². The summed E-state index contributed by atoms with van der Waals surface area (Å²) in [5.41, 5.74) is 0. The molecule has 1 unspecified atom stereocenters. The molecule has 0 aromatic carbocycles. The lowest BCUT2D eigenvalue weighted by atomic mass is 10.0. The van der Waals surface area contributed by atoms with Gasteiger partial charge in [-0.05, 0) is 89.9 Å². The molecule has 0 amide bonds. The number of hydrogen-bond donors (Lipinski definition) is 0. The molecular weight excluding hydrogens is 961 g/mol. The molecule has 0 saturated heterocycles. The van der Waals surface area contributed by atoms with Gasteiger partial charge in [-0.3, -0.25) is 14.4 Å². The van der Waals surface area contributed by atoms with Crippen molar-refractivity contribution in [2.24, 2.45) is 0 Å². The molecular formula is C72H130O6. The standard InChI is InChI=1S/C72H130O6/c1-4-7-10-13-16-19-22-25-28-31-33-35-36-37-39-41-44-47-50-53-56-59-62-65-71(74)77-68-69(67-76-70(73)64-61-58-55-52-49-46-43-40-30-27-24-21-18-15-12-9-6-3)78-72(75)66-63-60-57-54-51-48-45-42-38-34-32-29-26-23-20-17-14-11-8-5-2/h18,21-22,25,27,30-31,33,36-37,69H,4-17,19-20,23-24,26,28-29,32,34-35,38-68H2,1-3H3/b21-18-,25-22-,30-27-,33-31-,37-36-. The SMILES string of the molecule is CCCCC/C=C\C/C=C\CCCCCCCCCC(=O)OCC(COC(=O)CCCCCCCCCC/C=C\C/C=C\C/C=C\CCCCCCC)OC(=O)CCCCCCCCCCCCCCCCCCCCCC. The van der Waals surface area contributed by atoms with Gasteiger partial charge >= 0.3 is 17.9 Å². The Morgan fingerprint density at radius 3 is 0.744 bits per heavy atom. The summed E-state index contributed by atoms with van der Waals surface area (Å²) in [7, 11) is 0. The fourth-order valence-corrected chi connectivity index (χ4v) is 10.1. The van der Waals surface area contributed by atoms with Gasteiger partial charge in [-0.15, -0.1) is 0 Å². The summed E-state index contributed by atoms with van der Waals surface area (Å²) in [6.07, 6.45) is 85.1. The van der Waals surface area contributed by atoms with Crippen LogP contribution in [0.1, 0.15) is 361 Å². The second-order valence-electron chi connectivity index (χ2n) is 23.1. The van der Waals surface area contributed by atoms with E-state index in [9.17, 15) is 14.4 Å². The first-order valence-electron chi connectivity index (χ1n) is 34.3. The predicted molar refractivity (Wildman–Crippen MR) is 339 cm³/mol. The molecule has 454 valence electrons. The molecule has 0 saturated carbocycles. The molecule has 0 N–H and O–H groups in total. The highest BCUT2D eigenvalue weighted by Crippen LogP contribution is 2.18. The highest BCUT2D eigenvalue weighted by Gasteiger charge is 2.19. The van der Waals surface area contributed by atoms with E-state index in [4.69, 9.17) is 14.2 Å². The summed E-state index contributed by atoms with van der Waals surface area (Å²) in [6, 6.07) is 0. The lowest BCUT2D eigenvalue weighted by molar-refractivity contribution is -0.167. The minimum Gasteiger partial charge on any atom is -0.462 e. The highest BCUT2D eigenvalue weighted by molar-refractivity contribution is 5.71. The van der Waals surface area contributed by atoms with Gasteiger partial charge in [-0.25, -0.2) is 0 Å². The van der Waals surface area contributed by atoms with E-state index in [0.717, 1.165) is 89.9 Å². The number of unbranched alkanes of at least 4 members (excludes halogenated alkanes) is 42. The van der Waals surface area contributed by atoms with Crippen molar-refractivity contribution in [1.29, 1.82) is 0 Å². The average molecular weight is 1090 g/mol. The summed E-state index contributed by atoms with van der Waals surface area (Å²) < 4.78 is 17.0. The number of esters is 3. The minimum atomic E-state index is -0.781. The van der Waals surface area contributed by atoms with Crippen LogP contribution in [0.5, 0.6) is 0 Å². The largest absolute Gasteiger partial charge is 0.462 e. The smallest absolute Gasteiger partial charge is 0.306 e. The van der Waals surface area contributed by atoms with Crippen molar-refractivity contribution < 1.29 is 28.6 Å². The molecule has 0 rings (SSSR count). The number of hydrogen-bond acceptors (Lipinski definition) is 6. The third-order valence-electron chi connectivity index (χ3n) is 15.2. The molecule has 0 heterocycles. The van der Waals surface area contributed by atoms with Gasteiger partial charge in [0.05, 0.1) is 0 Å². The molecule has 0 radical (unpaired) electrons. The Bertz CT molecular complexity index is 1390. The maximum atomic E-state index is 12.9. The highest BCUT2D eigenvalue weighted by atomic mass is 16.6. The van der Waals surface area contributed by atoms with Crippen LogP contribution >= 0.6 is 0 Å². The van der Waals surface area contributed by atoms with Crippen LogP contribution < -0.4 is 0 Å². The first-order chi connectivity index (χ1) is 38.5. The Morgan fingerprint density at radius 1 is 0.256 bits per heavy atom. The molecule has 0 aliphatic heterocycles. The summed E-state index contributed by atoms with van der Waals surface area (Å²) in [6.45, 7) is 6.65. The van der Waals surface area contributed by atoms with Crippen molar-refractivity contribution in [3.63, 3.8) is 0 Å². The van der Waals surface area contributed by atoms with Gasteiger partial charge in [0.25, 0.3) is 0 Å². The van der Waals surface area contributed by atoms with Gasteiger partial charge in [0, 0.05) is 19.3 Å². The fraction of sp³-hybridized carbons (Fsp3) is 0.819. The van der Waals surface area contributed by atoms with Crippen LogP contribution in [0, 0.1) is 0 Å². The molecule has 1 atom stereocenters. The van der Waals surface area contributed by atoms with Crippen molar-refractivity contribution in [3.8, 4) is 0 Å². The molecule has 0 fully saturated rings. The molecule has 0 spiro atoms. The van der Waals surface area contributed by atoms with Gasteiger partial charge in [0.2, 0.25) is 0 Å². The van der Waals surface area contributed by atoms with Gasteiger partial charge in [-0.2, -0.15) is 0 Å². The second-order valence-corrected chi connectivity index (χ2v) is 23.1. The Balaban J connectivity index is 4.35. The van der Waals surface area contributed by atoms with Crippen LogP contribution in [0.25, 0.3) is 0 Å². The van der Waals surface area contributed by atoms with Crippen molar-refractivity contribution in [2.45, 2.75) is 367 Å². The number of allylic oxidation sites excluding steroid dienone is 10. The van der Waals surface area contributed by atoms with Gasteiger partial charge in [0.15, 0.2) is 6.10 Å². The van der Waals surface area contributed by atoms with Crippen molar-refractivity contribution in [3.05, 3.63) is 60.8 Å². The monoisotopic (exact) mass is 1090 g/mol. The quantitative estimate of drug-likeness (QED) is 0.0261. The molecule has 0 aromatic heterocycles. The third-order valence-corrected chi connectivity index (χ3v) is 15.2. The second kappa shape index (κ2) is 66.6. The maximum Gasteiger partial charge on any atom is 0.306 e. The minimum absolute atomic E-state index is 0.0775. The van der Waals surface area contributed by atoms with E-state index in [1.807, 2.05) is 0 Å². The fourth-order valence-electron chi connectivity index (χ4n) is 10.1. The zero-order valence-corrected chi connectivity index (χ0v) is 52.2. The average Bonchev–Trinajstić information content (AvgIpc) is 3.44. The molecule has 6 heteroatoms. The molecule has 0 bridgehead atoms. The van der Waals surface area contributed by atoms with Crippen LogP contribution in [0.4, 0.5) is 0 Å². The molecule has 0 aliphatic carbocycles. The first kappa shape index (κ1) is 75.1. The Morgan fingerprint density at radius 2 is 0.462 bits per heavy atom.